The van der Waals surface area contributed by atoms with E-state index < -0.39 is 0 Å². The van der Waals surface area contributed by atoms with Crippen LogP contribution in [0, 0.1) is 6.92 Å². The van der Waals surface area contributed by atoms with Gasteiger partial charge in [0.05, 0.1) is 16.4 Å². The minimum absolute atomic E-state index is 0. The van der Waals surface area contributed by atoms with Gasteiger partial charge in [0.2, 0.25) is 0 Å². The average Bonchev–Trinajstić information content (AvgIpc) is 3.12. The molecule has 0 aliphatic carbocycles. The highest BCUT2D eigenvalue weighted by Gasteiger charge is 2.14. The first-order chi connectivity index (χ1) is 11.6. The third-order valence-corrected chi connectivity index (χ3v) is 5.11. The van der Waals surface area contributed by atoms with Crippen LogP contribution in [0.5, 0.6) is 0 Å². The number of aromatic nitrogens is 3. The monoisotopic (exact) mass is 498 g/mol. The lowest BCUT2D eigenvalue weighted by Gasteiger charge is -2.02. The van der Waals surface area contributed by atoms with Crippen LogP contribution in [-0.4, -0.2) is 14.4 Å². The van der Waals surface area contributed by atoms with Crippen LogP contribution in [-0.2, 0) is 0 Å². The predicted octanol–water partition coefficient (Wildman–Crippen LogP) is 6.50. The number of rotatable bonds is 3. The minimum Gasteiger partial charge on any atom is -0.332 e. The van der Waals surface area contributed by atoms with Crippen LogP contribution in [0.2, 0.25) is 5.02 Å². The smallest absolute Gasteiger partial charge is 0.187 e. The van der Waals surface area contributed by atoms with Gasteiger partial charge in [0, 0.05) is 21.7 Å². The van der Waals surface area contributed by atoms with Gasteiger partial charge in [0.1, 0.15) is 11.3 Å². The summed E-state index contributed by atoms with van der Waals surface area (Å²) in [6.45, 7) is 1.98. The van der Waals surface area contributed by atoms with E-state index in [0.717, 1.165) is 38.0 Å². The first-order valence-electron chi connectivity index (χ1n) is 7.23. The largest absolute Gasteiger partial charge is 0.332 e. The zero-order chi connectivity index (χ0) is 16.7. The zero-order valence-corrected chi connectivity index (χ0v) is 17.9. The Kier molecular flexibility index (Phi) is 5.48. The van der Waals surface area contributed by atoms with Gasteiger partial charge in [-0.25, -0.2) is 9.97 Å². The van der Waals surface area contributed by atoms with Gasteiger partial charge in [-0.1, -0.05) is 27.5 Å². The van der Waals surface area contributed by atoms with Crippen LogP contribution in [0.3, 0.4) is 0 Å². The van der Waals surface area contributed by atoms with Gasteiger partial charge in [0.25, 0.3) is 0 Å². The number of nitrogens with zero attached hydrogens (tertiary/aromatic N) is 3. The third-order valence-electron chi connectivity index (χ3n) is 3.60. The van der Waals surface area contributed by atoms with E-state index in [2.05, 4.69) is 26.2 Å². The summed E-state index contributed by atoms with van der Waals surface area (Å²) in [5.74, 6) is 0. The molecule has 0 radical (unpaired) electrons. The summed E-state index contributed by atoms with van der Waals surface area (Å²) in [6, 6.07) is 11.7. The molecule has 3 aromatic heterocycles. The van der Waals surface area contributed by atoms with E-state index in [0.29, 0.717) is 5.02 Å². The Bertz CT molecular complexity index is 1030. The summed E-state index contributed by atoms with van der Waals surface area (Å²) in [6.07, 6.45) is 1.87. The average molecular weight is 501 g/mol. The summed E-state index contributed by atoms with van der Waals surface area (Å²) in [7, 11) is 0. The molecule has 4 aromatic rings. The lowest BCUT2D eigenvalue weighted by atomic mass is 10.3. The third kappa shape index (κ3) is 3.74. The van der Waals surface area contributed by atoms with E-state index in [1.165, 1.54) is 0 Å². The van der Waals surface area contributed by atoms with Crippen molar-refractivity contribution in [2.75, 3.05) is 5.32 Å². The molecule has 0 saturated carbocycles. The van der Waals surface area contributed by atoms with Crippen molar-refractivity contribution in [1.82, 2.24) is 14.4 Å². The van der Waals surface area contributed by atoms with E-state index in [-0.39, 0.29) is 17.0 Å². The van der Waals surface area contributed by atoms with Gasteiger partial charge in [-0.2, -0.15) is 0 Å². The molecule has 1 N–H and O–H groups in total. The second-order valence-corrected chi connectivity index (χ2v) is 7.50. The molecular formula is C17H13Br2ClN4S. The zero-order valence-electron chi connectivity index (χ0n) is 13.0. The van der Waals surface area contributed by atoms with Gasteiger partial charge < -0.3 is 5.32 Å². The molecule has 0 saturated heterocycles. The van der Waals surface area contributed by atoms with Crippen LogP contribution in [0.1, 0.15) is 5.69 Å². The first-order valence-corrected chi connectivity index (χ1v) is 9.28. The van der Waals surface area contributed by atoms with Crippen molar-refractivity contribution in [1.29, 1.82) is 0 Å². The predicted molar refractivity (Wildman–Crippen MR) is 114 cm³/mol. The SMILES string of the molecule is Br.Cc1nc2ccc(Cl)cn2c1-c1csc(Nc2ccc(Br)cc2)n1. The van der Waals surface area contributed by atoms with Crippen molar-refractivity contribution in [3.05, 3.63) is 63.2 Å². The maximum atomic E-state index is 6.13. The van der Waals surface area contributed by atoms with Crippen molar-refractivity contribution in [2.24, 2.45) is 0 Å². The molecule has 0 amide bonds. The van der Waals surface area contributed by atoms with E-state index >= 15 is 0 Å². The molecule has 4 rings (SSSR count). The van der Waals surface area contributed by atoms with Gasteiger partial charge in [-0.05, 0) is 43.3 Å². The van der Waals surface area contributed by atoms with Crippen molar-refractivity contribution in [3.63, 3.8) is 0 Å². The molecule has 0 spiro atoms. The maximum absolute atomic E-state index is 6.13. The van der Waals surface area contributed by atoms with Gasteiger partial charge >= 0.3 is 0 Å². The number of hydrogen-bond donors (Lipinski definition) is 1. The van der Waals surface area contributed by atoms with Gasteiger partial charge in [0.15, 0.2) is 5.13 Å². The number of hydrogen-bond acceptors (Lipinski definition) is 4. The Morgan fingerprint density at radius 1 is 1.12 bits per heavy atom. The fraction of sp³-hybridized carbons (Fsp3) is 0.0588. The summed E-state index contributed by atoms with van der Waals surface area (Å²) in [4.78, 5) is 9.28. The highest BCUT2D eigenvalue weighted by molar-refractivity contribution is 9.10. The summed E-state index contributed by atoms with van der Waals surface area (Å²) in [5.41, 5.74) is 4.64. The fourth-order valence-electron chi connectivity index (χ4n) is 2.54. The number of imidazole rings is 1. The van der Waals surface area contributed by atoms with Gasteiger partial charge in [-0.15, -0.1) is 28.3 Å². The van der Waals surface area contributed by atoms with Crippen LogP contribution in [0.15, 0.2) is 52.4 Å². The topological polar surface area (TPSA) is 42.2 Å². The summed E-state index contributed by atoms with van der Waals surface area (Å²) in [5, 5.41) is 6.86. The number of pyridine rings is 1. The molecule has 1 aromatic carbocycles. The van der Waals surface area contributed by atoms with Crippen molar-refractivity contribution in [2.45, 2.75) is 6.92 Å². The summed E-state index contributed by atoms with van der Waals surface area (Å²) >= 11 is 11.1. The molecule has 8 heteroatoms. The first kappa shape index (κ1) is 18.4. The number of fused-ring (bicyclic) bond motifs is 1. The number of thiazole rings is 1. The van der Waals surface area contributed by atoms with Crippen LogP contribution in [0.25, 0.3) is 17.0 Å². The molecule has 0 aliphatic heterocycles. The second-order valence-electron chi connectivity index (χ2n) is 5.29. The Balaban J connectivity index is 0.00000182. The molecule has 0 atom stereocenters. The Morgan fingerprint density at radius 2 is 1.88 bits per heavy atom. The highest BCUT2D eigenvalue weighted by Crippen LogP contribution is 2.30. The van der Waals surface area contributed by atoms with Crippen LogP contribution in [0.4, 0.5) is 10.8 Å². The quantitative estimate of drug-likeness (QED) is 0.349. The molecule has 0 unspecified atom stereocenters. The molecule has 0 aliphatic rings. The molecule has 4 nitrogen and oxygen atoms in total. The van der Waals surface area contributed by atoms with Gasteiger partial charge in [-0.3, -0.25) is 4.40 Å². The van der Waals surface area contributed by atoms with E-state index in [4.69, 9.17) is 16.6 Å². The molecule has 25 heavy (non-hydrogen) atoms. The van der Waals surface area contributed by atoms with Crippen molar-refractivity contribution in [3.8, 4) is 11.4 Å². The van der Waals surface area contributed by atoms with Crippen molar-refractivity contribution >= 4 is 72.3 Å². The van der Waals surface area contributed by atoms with E-state index in [1.54, 1.807) is 11.3 Å². The molecule has 0 bridgehead atoms. The molecular weight excluding hydrogens is 488 g/mol. The molecule has 3 heterocycles. The Morgan fingerprint density at radius 3 is 2.64 bits per heavy atom. The Hall–Kier alpha value is -1.41. The van der Waals surface area contributed by atoms with Crippen LogP contribution >= 0.6 is 55.8 Å². The highest BCUT2D eigenvalue weighted by atomic mass is 79.9. The van der Waals surface area contributed by atoms with Crippen molar-refractivity contribution < 1.29 is 0 Å². The van der Waals surface area contributed by atoms with E-state index in [9.17, 15) is 0 Å². The lowest BCUT2D eigenvalue weighted by molar-refractivity contribution is 1.17. The molecule has 128 valence electrons. The Labute approximate surface area is 172 Å². The second kappa shape index (κ2) is 7.45. The lowest BCUT2D eigenvalue weighted by Crippen LogP contribution is -1.92. The number of benzene rings is 1. The summed E-state index contributed by atoms with van der Waals surface area (Å²) < 4.78 is 3.03. The maximum Gasteiger partial charge on any atom is 0.187 e. The van der Waals surface area contributed by atoms with Crippen LogP contribution < -0.4 is 5.32 Å². The number of nitrogens with one attached hydrogen (secondary N) is 1. The number of anilines is 2. The fourth-order valence-corrected chi connectivity index (χ4v) is 3.68. The minimum atomic E-state index is 0. The normalized spacial score (nSPS) is 10.7. The van der Waals surface area contributed by atoms with E-state index in [1.807, 2.05) is 59.3 Å². The number of halogens is 3. The number of aryl methyl sites for hydroxylation is 1. The molecule has 0 fully saturated rings. The standard InChI is InChI=1S/C17H12BrClN4S.BrH/c1-10-16(23-8-12(19)4-7-15(23)20-10)14-9-24-17(22-14)21-13-5-2-11(18)3-6-13;/h2-9H,1H3,(H,21,22);1H.